The highest BCUT2D eigenvalue weighted by Gasteiger charge is 2.40. The number of carbonyl (C=O) groups is 5. The standard InChI is InChI=1S/C26H41N3O8/c1-7-36-26(34)22(37-17(6)30)20(15(2)3)27-24(32)19-9-8-12-29(19)25(33)21(16(4)5)28-23(31)18-10-13-35-14-11-18/h15-16,18-19,21H,7-14H2,1-6H3,(H,27,32)(H,28,31)/b22-20+/t19-,21?/m0/s1. The average Bonchev–Trinajstić information content (AvgIpc) is 3.34. The van der Waals surface area contributed by atoms with Crippen LogP contribution in [-0.4, -0.2) is 73.0 Å². The van der Waals surface area contributed by atoms with E-state index < -0.39 is 35.8 Å². The van der Waals surface area contributed by atoms with Crippen molar-refractivity contribution >= 4 is 29.7 Å². The van der Waals surface area contributed by atoms with Crippen LogP contribution in [0.4, 0.5) is 0 Å². The number of ether oxygens (including phenoxy) is 3. The summed E-state index contributed by atoms with van der Waals surface area (Å²) in [5, 5.41) is 5.62. The number of hydrogen-bond acceptors (Lipinski definition) is 8. The van der Waals surface area contributed by atoms with Crippen molar-refractivity contribution in [2.45, 2.75) is 79.3 Å². The molecule has 0 aliphatic carbocycles. The molecule has 2 rings (SSSR count). The number of likely N-dealkylation sites (tertiary alicyclic amines) is 1. The van der Waals surface area contributed by atoms with Crippen molar-refractivity contribution in [2.75, 3.05) is 26.4 Å². The molecule has 0 bridgehead atoms. The fourth-order valence-corrected chi connectivity index (χ4v) is 4.45. The SMILES string of the molecule is CCOC(=O)/C(OC(C)=O)=C(\NC(=O)[C@@H]1CCCN1C(=O)C(NC(=O)C1CCOCC1)C(C)C)C(C)C. The minimum atomic E-state index is -0.864. The Labute approximate surface area is 218 Å². The van der Waals surface area contributed by atoms with Gasteiger partial charge in [0.1, 0.15) is 12.1 Å². The predicted octanol–water partition coefficient (Wildman–Crippen LogP) is 1.65. The van der Waals surface area contributed by atoms with E-state index >= 15 is 0 Å². The van der Waals surface area contributed by atoms with Crippen LogP contribution in [0.5, 0.6) is 0 Å². The lowest BCUT2D eigenvalue weighted by molar-refractivity contribution is -0.150. The first-order chi connectivity index (χ1) is 17.5. The van der Waals surface area contributed by atoms with Crippen LogP contribution in [-0.2, 0) is 38.2 Å². The van der Waals surface area contributed by atoms with E-state index in [0.717, 1.165) is 6.92 Å². The van der Waals surface area contributed by atoms with E-state index in [-0.39, 0.29) is 41.7 Å². The fraction of sp³-hybridized carbons (Fsp3) is 0.731. The molecule has 2 atom stereocenters. The normalized spacial score (nSPS) is 19.8. The Kier molecular flexibility index (Phi) is 11.5. The molecular formula is C26H41N3O8. The molecule has 11 nitrogen and oxygen atoms in total. The molecule has 0 saturated carbocycles. The molecule has 2 aliphatic heterocycles. The zero-order valence-corrected chi connectivity index (χ0v) is 22.8. The summed E-state index contributed by atoms with van der Waals surface area (Å²) in [5.41, 5.74) is 0.103. The number of allylic oxidation sites excluding steroid dienone is 1. The lowest BCUT2D eigenvalue weighted by atomic mass is 9.96. The van der Waals surface area contributed by atoms with E-state index in [2.05, 4.69) is 10.6 Å². The predicted molar refractivity (Wildman–Crippen MR) is 133 cm³/mol. The Morgan fingerprint density at radius 3 is 2.19 bits per heavy atom. The van der Waals surface area contributed by atoms with Crippen LogP contribution in [0.1, 0.15) is 67.2 Å². The minimum absolute atomic E-state index is 0.0595. The Hall–Kier alpha value is -2.95. The third-order valence-corrected chi connectivity index (χ3v) is 6.45. The van der Waals surface area contributed by atoms with Crippen LogP contribution in [0.2, 0.25) is 0 Å². The van der Waals surface area contributed by atoms with Crippen LogP contribution < -0.4 is 10.6 Å². The zero-order chi connectivity index (χ0) is 27.7. The highest BCUT2D eigenvalue weighted by atomic mass is 16.6. The molecule has 0 aromatic heterocycles. The van der Waals surface area contributed by atoms with E-state index in [9.17, 15) is 24.0 Å². The lowest BCUT2D eigenvalue weighted by Crippen LogP contribution is -2.56. The van der Waals surface area contributed by atoms with Gasteiger partial charge in [0.05, 0.1) is 12.3 Å². The second kappa shape index (κ2) is 14.1. The van der Waals surface area contributed by atoms with Crippen LogP contribution in [0.15, 0.2) is 11.5 Å². The number of nitrogens with zero attached hydrogens (tertiary/aromatic N) is 1. The first-order valence-electron chi connectivity index (χ1n) is 13.1. The Bertz CT molecular complexity index is 892. The summed E-state index contributed by atoms with van der Waals surface area (Å²) in [4.78, 5) is 65.4. The number of nitrogens with one attached hydrogen (secondary N) is 2. The largest absolute Gasteiger partial charge is 0.460 e. The molecule has 3 amide bonds. The Morgan fingerprint density at radius 2 is 1.65 bits per heavy atom. The summed E-state index contributed by atoms with van der Waals surface area (Å²) >= 11 is 0. The molecule has 0 radical (unpaired) electrons. The molecule has 208 valence electrons. The minimum Gasteiger partial charge on any atom is -0.460 e. The molecule has 0 aromatic carbocycles. The van der Waals surface area contributed by atoms with Crippen LogP contribution in [0.3, 0.4) is 0 Å². The van der Waals surface area contributed by atoms with E-state index in [1.165, 1.54) is 4.90 Å². The molecule has 2 N–H and O–H groups in total. The molecule has 0 aromatic rings. The second-order valence-electron chi connectivity index (χ2n) is 10.0. The van der Waals surface area contributed by atoms with Crippen molar-refractivity contribution in [1.29, 1.82) is 0 Å². The quantitative estimate of drug-likeness (QED) is 0.250. The van der Waals surface area contributed by atoms with E-state index in [1.807, 2.05) is 13.8 Å². The van der Waals surface area contributed by atoms with Crippen molar-refractivity contribution in [3.63, 3.8) is 0 Å². The Balaban J connectivity index is 2.24. The molecule has 2 fully saturated rings. The van der Waals surface area contributed by atoms with Gasteiger partial charge in [-0.15, -0.1) is 0 Å². The molecule has 2 aliphatic rings. The van der Waals surface area contributed by atoms with Crippen LogP contribution in [0, 0.1) is 17.8 Å². The van der Waals surface area contributed by atoms with Gasteiger partial charge in [0.15, 0.2) is 0 Å². The van der Waals surface area contributed by atoms with Gasteiger partial charge >= 0.3 is 11.9 Å². The summed E-state index contributed by atoms with van der Waals surface area (Å²) in [5.74, 6) is -3.76. The maximum Gasteiger partial charge on any atom is 0.376 e. The molecule has 1 unspecified atom stereocenters. The second-order valence-corrected chi connectivity index (χ2v) is 10.0. The third kappa shape index (κ3) is 8.28. The number of esters is 2. The molecule has 2 saturated heterocycles. The number of amides is 3. The first-order valence-corrected chi connectivity index (χ1v) is 13.1. The highest BCUT2D eigenvalue weighted by Crippen LogP contribution is 2.23. The summed E-state index contributed by atoms with van der Waals surface area (Å²) in [6, 6.07) is -1.58. The summed E-state index contributed by atoms with van der Waals surface area (Å²) in [6.45, 7) is 11.4. The topological polar surface area (TPSA) is 140 Å². The lowest BCUT2D eigenvalue weighted by Gasteiger charge is -2.32. The fourth-order valence-electron chi connectivity index (χ4n) is 4.45. The maximum atomic E-state index is 13.6. The molecule has 37 heavy (non-hydrogen) atoms. The van der Waals surface area contributed by atoms with Crippen molar-refractivity contribution in [3.05, 3.63) is 11.5 Å². The van der Waals surface area contributed by atoms with Crippen molar-refractivity contribution in [1.82, 2.24) is 15.5 Å². The molecular weight excluding hydrogens is 482 g/mol. The van der Waals surface area contributed by atoms with Gasteiger partial charge in [-0.3, -0.25) is 19.2 Å². The first kappa shape index (κ1) is 30.3. The molecule has 11 heteroatoms. The van der Waals surface area contributed by atoms with Crippen LogP contribution in [0.25, 0.3) is 0 Å². The summed E-state index contributed by atoms with van der Waals surface area (Å²) in [7, 11) is 0. The molecule has 0 spiro atoms. The Morgan fingerprint density at radius 1 is 1.00 bits per heavy atom. The van der Waals surface area contributed by atoms with Crippen molar-refractivity contribution in [2.24, 2.45) is 17.8 Å². The summed E-state index contributed by atoms with van der Waals surface area (Å²) < 4.78 is 15.4. The molecule has 2 heterocycles. The smallest absolute Gasteiger partial charge is 0.376 e. The van der Waals surface area contributed by atoms with Crippen molar-refractivity contribution < 1.29 is 38.2 Å². The van der Waals surface area contributed by atoms with Gasteiger partial charge in [-0.1, -0.05) is 27.7 Å². The van der Waals surface area contributed by atoms with E-state index in [0.29, 0.717) is 45.4 Å². The number of carbonyl (C=O) groups excluding carboxylic acids is 5. The van der Waals surface area contributed by atoms with Gasteiger partial charge in [0, 0.05) is 32.6 Å². The van der Waals surface area contributed by atoms with Gasteiger partial charge in [-0.05, 0) is 44.4 Å². The van der Waals surface area contributed by atoms with E-state index in [4.69, 9.17) is 14.2 Å². The van der Waals surface area contributed by atoms with Gasteiger partial charge in [-0.25, -0.2) is 4.79 Å². The zero-order valence-electron chi connectivity index (χ0n) is 22.8. The van der Waals surface area contributed by atoms with Gasteiger partial charge < -0.3 is 29.7 Å². The third-order valence-electron chi connectivity index (χ3n) is 6.45. The maximum absolute atomic E-state index is 13.6. The average molecular weight is 524 g/mol. The van der Waals surface area contributed by atoms with Gasteiger partial charge in [0.25, 0.3) is 0 Å². The van der Waals surface area contributed by atoms with Gasteiger partial charge in [-0.2, -0.15) is 0 Å². The van der Waals surface area contributed by atoms with E-state index in [1.54, 1.807) is 20.8 Å². The van der Waals surface area contributed by atoms with Crippen molar-refractivity contribution in [3.8, 4) is 0 Å². The highest BCUT2D eigenvalue weighted by molar-refractivity contribution is 5.95. The van der Waals surface area contributed by atoms with Gasteiger partial charge in [0.2, 0.25) is 23.5 Å². The summed E-state index contributed by atoms with van der Waals surface area (Å²) in [6.07, 6.45) is 2.24. The monoisotopic (exact) mass is 523 g/mol. The van der Waals surface area contributed by atoms with Crippen LogP contribution >= 0.6 is 0 Å². The number of hydrogen-bond donors (Lipinski definition) is 2. The number of rotatable bonds is 10.